The molecule has 0 aliphatic carbocycles. The Morgan fingerprint density at radius 2 is 0.614 bits per heavy atom. The van der Waals surface area contributed by atoms with Gasteiger partial charge in [-0.2, -0.15) is 0 Å². The summed E-state index contributed by atoms with van der Waals surface area (Å²) in [6.45, 7) is 6.46. The lowest BCUT2D eigenvalue weighted by Gasteiger charge is -2.18. The third-order valence-corrected chi connectivity index (χ3v) is 13.0. The van der Waals surface area contributed by atoms with Gasteiger partial charge in [-0.3, -0.25) is 14.4 Å². The molecule has 0 aromatic carbocycles. The van der Waals surface area contributed by atoms with Crippen molar-refractivity contribution in [3.05, 3.63) is 72.9 Å². The van der Waals surface area contributed by atoms with Gasteiger partial charge in [-0.15, -0.1) is 0 Å². The van der Waals surface area contributed by atoms with Gasteiger partial charge in [0, 0.05) is 12.8 Å². The maximum atomic E-state index is 12.9. The number of carbonyl (C=O) groups excluding carboxylic acids is 3. The van der Waals surface area contributed by atoms with E-state index in [0.717, 1.165) is 70.6 Å². The molecule has 0 aliphatic heterocycles. The fourth-order valence-corrected chi connectivity index (χ4v) is 8.51. The van der Waals surface area contributed by atoms with Crippen molar-refractivity contribution in [3.63, 3.8) is 0 Å². The lowest BCUT2D eigenvalue weighted by molar-refractivity contribution is -0.166. The summed E-state index contributed by atoms with van der Waals surface area (Å²) in [5, 5.41) is 0. The van der Waals surface area contributed by atoms with Crippen LogP contribution in [0.3, 0.4) is 0 Å². The van der Waals surface area contributed by atoms with Gasteiger partial charge in [0.15, 0.2) is 6.10 Å². The molecule has 0 heterocycles. The molecule has 6 heteroatoms. The lowest BCUT2D eigenvalue weighted by atomic mass is 10.0. The molecule has 70 heavy (non-hydrogen) atoms. The molecule has 0 saturated carbocycles. The first kappa shape index (κ1) is 66.9. The predicted molar refractivity (Wildman–Crippen MR) is 302 cm³/mol. The molecule has 1 atom stereocenters. The van der Waals surface area contributed by atoms with Crippen LogP contribution in [0, 0.1) is 0 Å². The van der Waals surface area contributed by atoms with Gasteiger partial charge in [0.1, 0.15) is 13.2 Å². The Kier molecular flexibility index (Phi) is 55.8. The van der Waals surface area contributed by atoms with Gasteiger partial charge in [-0.05, 0) is 70.6 Å². The van der Waals surface area contributed by atoms with E-state index in [9.17, 15) is 14.4 Å². The molecule has 0 saturated heterocycles. The van der Waals surface area contributed by atoms with Crippen molar-refractivity contribution in [1.82, 2.24) is 0 Å². The van der Waals surface area contributed by atoms with E-state index in [4.69, 9.17) is 14.2 Å². The zero-order valence-electron chi connectivity index (χ0n) is 46.3. The average molecular weight is 978 g/mol. The van der Waals surface area contributed by atoms with Crippen LogP contribution in [0.25, 0.3) is 0 Å². The van der Waals surface area contributed by atoms with Crippen LogP contribution in [-0.4, -0.2) is 37.2 Å². The van der Waals surface area contributed by atoms with E-state index in [0.29, 0.717) is 12.8 Å². The summed E-state index contributed by atoms with van der Waals surface area (Å²) < 4.78 is 16.8. The highest BCUT2D eigenvalue weighted by Gasteiger charge is 2.19. The molecule has 0 fully saturated rings. The number of unbranched alkanes of at least 4 members (excludes halogenated alkanes) is 32. The van der Waals surface area contributed by atoms with Gasteiger partial charge in [-0.25, -0.2) is 0 Å². The summed E-state index contributed by atoms with van der Waals surface area (Å²) in [5.74, 6) is -1.03. The number of esters is 3. The molecular formula is C64H112O6. The van der Waals surface area contributed by atoms with Crippen molar-refractivity contribution in [1.29, 1.82) is 0 Å². The highest BCUT2D eigenvalue weighted by atomic mass is 16.6. The molecule has 0 spiro atoms. The van der Waals surface area contributed by atoms with Gasteiger partial charge in [-0.1, -0.05) is 280 Å². The van der Waals surface area contributed by atoms with E-state index in [1.165, 1.54) is 186 Å². The van der Waals surface area contributed by atoms with E-state index in [1.807, 2.05) is 6.08 Å². The fraction of sp³-hybridized carbons (Fsp3) is 0.766. The smallest absolute Gasteiger partial charge is 0.309 e. The molecule has 0 bridgehead atoms. The highest BCUT2D eigenvalue weighted by molar-refractivity contribution is 5.72. The molecule has 0 rings (SSSR count). The third-order valence-electron chi connectivity index (χ3n) is 13.0. The van der Waals surface area contributed by atoms with Crippen LogP contribution in [0.15, 0.2) is 72.9 Å². The quantitative estimate of drug-likeness (QED) is 0.0261. The Labute approximate surface area is 433 Å². The molecule has 404 valence electrons. The van der Waals surface area contributed by atoms with Crippen LogP contribution in [0.2, 0.25) is 0 Å². The van der Waals surface area contributed by atoms with Gasteiger partial charge < -0.3 is 14.2 Å². The van der Waals surface area contributed by atoms with Crippen molar-refractivity contribution in [2.24, 2.45) is 0 Å². The Morgan fingerprint density at radius 1 is 0.314 bits per heavy atom. The largest absolute Gasteiger partial charge is 0.462 e. The minimum atomic E-state index is -0.816. The van der Waals surface area contributed by atoms with Crippen molar-refractivity contribution >= 4 is 17.9 Å². The topological polar surface area (TPSA) is 78.9 Å². The van der Waals surface area contributed by atoms with Gasteiger partial charge in [0.05, 0.1) is 6.42 Å². The van der Waals surface area contributed by atoms with Crippen LogP contribution < -0.4 is 0 Å². The summed E-state index contributed by atoms with van der Waals surface area (Å²) in [5.41, 5.74) is 0. The first-order chi connectivity index (χ1) is 34.5. The second-order valence-electron chi connectivity index (χ2n) is 19.9. The second kappa shape index (κ2) is 58.4. The summed E-state index contributed by atoms with van der Waals surface area (Å²) >= 11 is 0. The summed E-state index contributed by atoms with van der Waals surface area (Å²) in [4.78, 5) is 38.1. The standard InChI is InChI=1S/C64H112O6/c1-4-7-10-13-16-19-22-25-28-30-31-32-34-36-39-42-45-48-51-54-57-63(66)69-60-61(59-68-62(65)56-53-50-47-44-41-38-35-27-24-21-18-15-12-9-6-3)70-64(67)58-55-52-49-46-43-40-37-33-29-26-23-20-17-14-11-8-5-2/h9,12,18,21,26-27,29,35,41,44,50,53,61H,4-8,10-11,13-17,19-20,22-25,28,30-34,36-40,42-43,45-49,51-52,54-60H2,1-3H3/b12-9-,21-18-,29-26-,35-27-,44-41-,53-50-. The number of allylic oxidation sites excluding steroid dienone is 11. The molecule has 0 aromatic rings. The van der Waals surface area contributed by atoms with E-state index in [-0.39, 0.29) is 31.6 Å². The minimum Gasteiger partial charge on any atom is -0.462 e. The maximum Gasteiger partial charge on any atom is 0.309 e. The summed E-state index contributed by atoms with van der Waals surface area (Å²) in [7, 11) is 0. The average Bonchev–Trinajstić information content (AvgIpc) is 3.36. The maximum absolute atomic E-state index is 12.9. The van der Waals surface area contributed by atoms with Gasteiger partial charge in [0.25, 0.3) is 0 Å². The predicted octanol–water partition coefficient (Wildman–Crippen LogP) is 20.2. The van der Waals surface area contributed by atoms with E-state index in [1.54, 1.807) is 6.08 Å². The van der Waals surface area contributed by atoms with Crippen LogP contribution >= 0.6 is 0 Å². The zero-order valence-corrected chi connectivity index (χ0v) is 46.3. The lowest BCUT2D eigenvalue weighted by Crippen LogP contribution is -2.30. The molecule has 0 aliphatic rings. The number of hydrogen-bond acceptors (Lipinski definition) is 6. The fourth-order valence-electron chi connectivity index (χ4n) is 8.51. The second-order valence-corrected chi connectivity index (χ2v) is 19.9. The van der Waals surface area contributed by atoms with Crippen molar-refractivity contribution in [2.45, 2.75) is 303 Å². The SMILES string of the molecule is CC/C=C\C/C=C\C/C=C\C/C=C\C/C=C\CC(=O)OCC(COC(=O)CCCCCCCCCCCCCCCCCCCCCC)OC(=O)CCCCCCCCC/C=C\CCCCCCCC. The Morgan fingerprint density at radius 3 is 0.986 bits per heavy atom. The number of hydrogen-bond donors (Lipinski definition) is 0. The normalized spacial score (nSPS) is 12.6. The molecule has 6 nitrogen and oxygen atoms in total. The van der Waals surface area contributed by atoms with Gasteiger partial charge >= 0.3 is 17.9 Å². The van der Waals surface area contributed by atoms with E-state index < -0.39 is 12.1 Å². The molecule has 1 unspecified atom stereocenters. The third kappa shape index (κ3) is 55.8. The molecule has 0 N–H and O–H groups in total. The Balaban J connectivity index is 4.42. The Hall–Kier alpha value is -3.15. The molecule has 0 amide bonds. The van der Waals surface area contributed by atoms with Crippen LogP contribution in [0.4, 0.5) is 0 Å². The summed E-state index contributed by atoms with van der Waals surface area (Å²) in [6.07, 6.45) is 75.0. The number of carbonyl (C=O) groups is 3. The minimum absolute atomic E-state index is 0.104. The number of ether oxygens (including phenoxy) is 3. The first-order valence-electron chi connectivity index (χ1n) is 29.9. The zero-order chi connectivity index (χ0) is 50.7. The van der Waals surface area contributed by atoms with Crippen molar-refractivity contribution < 1.29 is 28.6 Å². The van der Waals surface area contributed by atoms with Crippen molar-refractivity contribution in [3.8, 4) is 0 Å². The number of rotatable bonds is 54. The monoisotopic (exact) mass is 977 g/mol. The van der Waals surface area contributed by atoms with E-state index >= 15 is 0 Å². The van der Waals surface area contributed by atoms with Crippen molar-refractivity contribution in [2.75, 3.05) is 13.2 Å². The van der Waals surface area contributed by atoms with E-state index in [2.05, 4.69) is 81.5 Å². The van der Waals surface area contributed by atoms with Crippen LogP contribution in [0.5, 0.6) is 0 Å². The highest BCUT2D eigenvalue weighted by Crippen LogP contribution is 2.17. The first-order valence-corrected chi connectivity index (χ1v) is 29.9. The van der Waals surface area contributed by atoms with Crippen LogP contribution in [-0.2, 0) is 28.6 Å². The van der Waals surface area contributed by atoms with Gasteiger partial charge in [0.2, 0.25) is 0 Å². The molecule has 0 radical (unpaired) electrons. The molecular weight excluding hydrogens is 865 g/mol. The van der Waals surface area contributed by atoms with Crippen LogP contribution in [0.1, 0.15) is 297 Å². The Bertz CT molecular complexity index is 1310. The summed E-state index contributed by atoms with van der Waals surface area (Å²) in [6, 6.07) is 0. The molecule has 0 aromatic heterocycles.